The lowest BCUT2D eigenvalue weighted by Gasteiger charge is -2.30. The molecule has 0 N–H and O–H groups in total. The Balaban J connectivity index is 1.87. The highest BCUT2D eigenvalue weighted by atomic mass is 32.2. The number of carbonyl (C=O) groups excluding carboxylic acids is 1. The molecule has 0 bridgehead atoms. The zero-order valence-electron chi connectivity index (χ0n) is 17.7. The quantitative estimate of drug-likeness (QED) is 0.636. The van der Waals surface area contributed by atoms with Crippen molar-refractivity contribution >= 4 is 15.7 Å². The van der Waals surface area contributed by atoms with E-state index in [1.54, 1.807) is 6.07 Å². The van der Waals surface area contributed by atoms with Crippen LogP contribution >= 0.6 is 0 Å². The van der Waals surface area contributed by atoms with Crippen molar-refractivity contribution in [2.24, 2.45) is 5.92 Å². The molecule has 0 radical (unpaired) electrons. The van der Waals surface area contributed by atoms with E-state index in [4.69, 9.17) is 4.74 Å². The first-order chi connectivity index (χ1) is 14.6. The Labute approximate surface area is 180 Å². The van der Waals surface area contributed by atoms with Crippen molar-refractivity contribution in [2.45, 2.75) is 32.9 Å². The monoisotopic (exact) mass is 451 g/mol. The van der Waals surface area contributed by atoms with Crippen LogP contribution in [0.15, 0.2) is 35.1 Å². The minimum Gasteiger partial charge on any atom is -0.497 e. The average molecular weight is 452 g/mol. The summed E-state index contributed by atoms with van der Waals surface area (Å²) >= 11 is 0. The van der Waals surface area contributed by atoms with Gasteiger partial charge >= 0.3 is 0 Å². The van der Waals surface area contributed by atoms with Crippen molar-refractivity contribution in [1.82, 2.24) is 14.7 Å². The molecule has 1 aromatic heterocycles. The van der Waals surface area contributed by atoms with Crippen LogP contribution in [0.5, 0.6) is 5.75 Å². The molecule has 168 valence electrons. The second-order valence-electron chi connectivity index (χ2n) is 8.06. The Hall–Kier alpha value is -2.75. The molecule has 1 aromatic carbocycles. The Morgan fingerprint density at radius 3 is 2.65 bits per heavy atom. The van der Waals surface area contributed by atoms with E-state index in [1.807, 2.05) is 13.8 Å². The van der Waals surface area contributed by atoms with Crippen LogP contribution in [0.25, 0.3) is 11.3 Å². The number of ether oxygens (including phenoxy) is 1. The topological polar surface area (TPSA) is 98.6 Å². The van der Waals surface area contributed by atoms with Crippen LogP contribution in [0.4, 0.5) is 4.39 Å². The van der Waals surface area contributed by atoms with Crippen LogP contribution in [0, 0.1) is 11.7 Å². The van der Waals surface area contributed by atoms with Crippen molar-refractivity contribution in [3.05, 3.63) is 46.5 Å². The minimum atomic E-state index is -3.17. The normalized spacial score (nSPS) is 17.6. The fraction of sp³-hybridized carbons (Fsp3) is 0.476. The second kappa shape index (κ2) is 9.17. The van der Waals surface area contributed by atoms with Crippen molar-refractivity contribution in [1.29, 1.82) is 0 Å². The summed E-state index contributed by atoms with van der Waals surface area (Å²) in [5.41, 5.74) is -0.135. The largest absolute Gasteiger partial charge is 0.497 e. The summed E-state index contributed by atoms with van der Waals surface area (Å²) < 4.78 is 44.2. The first-order valence-corrected chi connectivity index (χ1v) is 11.8. The smallest absolute Gasteiger partial charge is 0.267 e. The van der Waals surface area contributed by atoms with E-state index < -0.39 is 33.2 Å². The fourth-order valence-corrected chi connectivity index (χ4v) is 5.36. The lowest BCUT2D eigenvalue weighted by atomic mass is 10.1. The van der Waals surface area contributed by atoms with Gasteiger partial charge in [0.05, 0.1) is 24.3 Å². The molecular formula is C21H26FN3O5S. The number of methoxy groups -OCH3 is 1. The third-order valence-electron chi connectivity index (χ3n) is 5.14. The lowest BCUT2D eigenvalue weighted by molar-refractivity contribution is -0.134. The van der Waals surface area contributed by atoms with Crippen LogP contribution in [0.2, 0.25) is 0 Å². The number of amides is 1. The van der Waals surface area contributed by atoms with Gasteiger partial charge in [0.1, 0.15) is 18.1 Å². The van der Waals surface area contributed by atoms with E-state index in [9.17, 15) is 22.4 Å². The van der Waals surface area contributed by atoms with Crippen LogP contribution in [-0.4, -0.2) is 60.2 Å². The number of sulfone groups is 1. The summed E-state index contributed by atoms with van der Waals surface area (Å²) in [5.74, 6) is -0.523. The molecule has 0 saturated carbocycles. The lowest BCUT2D eigenvalue weighted by Crippen LogP contribution is -2.46. The van der Waals surface area contributed by atoms with Crippen molar-refractivity contribution in [2.75, 3.05) is 25.2 Å². The average Bonchev–Trinajstić information content (AvgIpc) is 3.07. The SMILES string of the molecule is COc1ccc(-c2ccc(=O)n(CC(=O)N(CC(C)C)[C@H]3CCS(=O)(=O)C3)n2)c(F)c1. The highest BCUT2D eigenvalue weighted by molar-refractivity contribution is 7.91. The molecule has 8 nitrogen and oxygen atoms in total. The molecule has 31 heavy (non-hydrogen) atoms. The molecule has 2 aromatic rings. The van der Waals surface area contributed by atoms with Crippen LogP contribution in [0.1, 0.15) is 20.3 Å². The molecular weight excluding hydrogens is 425 g/mol. The van der Waals surface area contributed by atoms with Gasteiger partial charge in [0.15, 0.2) is 9.84 Å². The fourth-order valence-electron chi connectivity index (χ4n) is 3.62. The van der Waals surface area contributed by atoms with E-state index >= 15 is 0 Å². The number of halogens is 1. The zero-order chi connectivity index (χ0) is 22.8. The maximum absolute atomic E-state index is 14.4. The molecule has 2 heterocycles. The van der Waals surface area contributed by atoms with Gasteiger partial charge in [-0.3, -0.25) is 9.59 Å². The van der Waals surface area contributed by atoms with Crippen molar-refractivity contribution in [3.8, 4) is 17.0 Å². The van der Waals surface area contributed by atoms with E-state index in [1.165, 1.54) is 36.3 Å². The third-order valence-corrected chi connectivity index (χ3v) is 6.89. The summed E-state index contributed by atoms with van der Waals surface area (Å²) in [5, 5.41) is 4.17. The summed E-state index contributed by atoms with van der Waals surface area (Å²) in [4.78, 5) is 26.9. The predicted octanol–water partition coefficient (Wildman–Crippen LogP) is 1.73. The van der Waals surface area contributed by atoms with Gasteiger partial charge in [0.2, 0.25) is 5.91 Å². The van der Waals surface area contributed by atoms with E-state index in [0.717, 1.165) is 4.68 Å². The molecule has 1 saturated heterocycles. The molecule has 0 unspecified atom stereocenters. The molecule has 10 heteroatoms. The Morgan fingerprint density at radius 2 is 2.06 bits per heavy atom. The van der Waals surface area contributed by atoms with Gasteiger partial charge in [0.25, 0.3) is 5.56 Å². The Kier molecular flexibility index (Phi) is 6.78. The van der Waals surface area contributed by atoms with Gasteiger partial charge in [0, 0.05) is 30.3 Å². The van der Waals surface area contributed by atoms with Crippen LogP contribution in [-0.2, 0) is 21.2 Å². The minimum absolute atomic E-state index is 0.0456. The first kappa shape index (κ1) is 22.9. The maximum atomic E-state index is 14.4. The zero-order valence-corrected chi connectivity index (χ0v) is 18.6. The molecule has 0 spiro atoms. The molecule has 1 fully saturated rings. The molecule has 3 rings (SSSR count). The third kappa shape index (κ3) is 5.49. The summed E-state index contributed by atoms with van der Waals surface area (Å²) in [6.45, 7) is 3.89. The Morgan fingerprint density at radius 1 is 1.32 bits per heavy atom. The summed E-state index contributed by atoms with van der Waals surface area (Å²) in [6.07, 6.45) is 0.375. The van der Waals surface area contributed by atoms with Gasteiger partial charge in [-0.25, -0.2) is 17.5 Å². The predicted molar refractivity (Wildman–Crippen MR) is 114 cm³/mol. The second-order valence-corrected chi connectivity index (χ2v) is 10.3. The standard InChI is InChI=1S/C21H26FN3O5S/c1-14(2)11-24(15-8-9-31(28,29)13-15)21(27)12-25-20(26)7-6-19(23-25)17-5-4-16(30-3)10-18(17)22/h4-7,10,14-15H,8-9,11-13H2,1-3H3/t15-/m0/s1. The van der Waals surface area contributed by atoms with Crippen molar-refractivity contribution < 1.29 is 22.3 Å². The molecule has 1 atom stereocenters. The van der Waals surface area contributed by atoms with Crippen molar-refractivity contribution in [3.63, 3.8) is 0 Å². The van der Waals surface area contributed by atoms with Gasteiger partial charge in [-0.1, -0.05) is 13.8 Å². The van der Waals surface area contributed by atoms with Gasteiger partial charge in [-0.15, -0.1) is 0 Å². The number of nitrogens with zero attached hydrogens (tertiary/aromatic N) is 3. The molecule has 0 aliphatic carbocycles. The molecule has 1 amide bonds. The summed E-state index contributed by atoms with van der Waals surface area (Å²) in [7, 11) is -1.75. The number of hydrogen-bond donors (Lipinski definition) is 0. The van der Waals surface area contributed by atoms with Crippen LogP contribution < -0.4 is 10.3 Å². The molecule has 1 aliphatic rings. The van der Waals surface area contributed by atoms with Crippen LogP contribution in [0.3, 0.4) is 0 Å². The highest BCUT2D eigenvalue weighted by Crippen LogP contribution is 2.24. The Bertz CT molecular complexity index is 1130. The number of carbonyl (C=O) groups is 1. The highest BCUT2D eigenvalue weighted by Gasteiger charge is 2.35. The number of rotatable bonds is 7. The molecule has 1 aliphatic heterocycles. The van der Waals surface area contributed by atoms with Gasteiger partial charge in [-0.2, -0.15) is 5.10 Å². The number of hydrogen-bond acceptors (Lipinski definition) is 6. The first-order valence-electron chi connectivity index (χ1n) is 10.0. The van der Waals surface area contributed by atoms with Gasteiger partial charge < -0.3 is 9.64 Å². The van der Waals surface area contributed by atoms with Gasteiger partial charge in [-0.05, 0) is 30.5 Å². The number of aromatic nitrogens is 2. The van der Waals surface area contributed by atoms with E-state index in [0.29, 0.717) is 18.7 Å². The van der Waals surface area contributed by atoms with E-state index in [2.05, 4.69) is 5.10 Å². The maximum Gasteiger partial charge on any atom is 0.267 e. The summed E-state index contributed by atoms with van der Waals surface area (Å²) in [6, 6.07) is 6.48. The number of benzene rings is 1. The van der Waals surface area contributed by atoms with E-state index in [-0.39, 0.29) is 35.2 Å².